The Labute approximate surface area is 120 Å². The first-order valence-corrected chi connectivity index (χ1v) is 7.25. The van der Waals surface area contributed by atoms with Gasteiger partial charge in [0, 0.05) is 19.4 Å². The molecule has 106 valence electrons. The first-order chi connectivity index (χ1) is 9.60. The molecule has 2 rings (SSSR count). The van der Waals surface area contributed by atoms with Gasteiger partial charge in [-0.1, -0.05) is 12.1 Å². The van der Waals surface area contributed by atoms with Crippen LogP contribution in [-0.2, 0) is 16.0 Å². The average molecular weight is 292 g/mol. The maximum absolute atomic E-state index is 11.9. The maximum atomic E-state index is 11.9. The molecule has 1 aromatic carbocycles. The van der Waals surface area contributed by atoms with Crippen molar-refractivity contribution in [1.29, 1.82) is 0 Å². The van der Waals surface area contributed by atoms with E-state index in [0.717, 1.165) is 15.2 Å². The summed E-state index contributed by atoms with van der Waals surface area (Å²) >= 11 is 1.57. The highest BCUT2D eigenvalue weighted by molar-refractivity contribution is 7.18. The monoisotopic (exact) mass is 292 g/mol. The summed E-state index contributed by atoms with van der Waals surface area (Å²) in [4.78, 5) is 28.4. The zero-order chi connectivity index (χ0) is 14.5. The minimum atomic E-state index is -0.986. The number of hydrogen-bond donors (Lipinski definition) is 1. The Balaban J connectivity index is 1.96. The highest BCUT2D eigenvalue weighted by atomic mass is 32.1. The molecule has 0 atom stereocenters. The Hall–Kier alpha value is -1.95. The van der Waals surface area contributed by atoms with Gasteiger partial charge >= 0.3 is 5.97 Å². The number of para-hydroxylation sites is 1. The second-order valence-corrected chi connectivity index (χ2v) is 5.49. The number of aryl methyl sites for hydroxylation is 1. The number of hydrogen-bond acceptors (Lipinski definition) is 4. The van der Waals surface area contributed by atoms with Crippen molar-refractivity contribution in [2.45, 2.75) is 19.8 Å². The van der Waals surface area contributed by atoms with Gasteiger partial charge in [-0.15, -0.1) is 11.3 Å². The van der Waals surface area contributed by atoms with Crippen molar-refractivity contribution in [1.82, 2.24) is 9.88 Å². The molecule has 0 fully saturated rings. The summed E-state index contributed by atoms with van der Waals surface area (Å²) in [7, 11) is 0. The fourth-order valence-corrected chi connectivity index (χ4v) is 2.91. The molecule has 2 aromatic rings. The van der Waals surface area contributed by atoms with Crippen LogP contribution in [0.15, 0.2) is 24.3 Å². The minimum Gasteiger partial charge on any atom is -0.480 e. The van der Waals surface area contributed by atoms with Gasteiger partial charge in [0.05, 0.1) is 15.2 Å². The lowest BCUT2D eigenvalue weighted by atomic mass is 10.2. The Kier molecular flexibility index (Phi) is 4.68. The first kappa shape index (κ1) is 14.5. The Morgan fingerprint density at radius 1 is 1.35 bits per heavy atom. The summed E-state index contributed by atoms with van der Waals surface area (Å²) in [6.45, 7) is 1.94. The topological polar surface area (TPSA) is 70.5 Å². The van der Waals surface area contributed by atoms with Gasteiger partial charge < -0.3 is 10.0 Å². The molecule has 1 amide bonds. The van der Waals surface area contributed by atoms with E-state index in [1.165, 1.54) is 4.90 Å². The predicted octanol–water partition coefficient (Wildman–Crippen LogP) is 2.16. The van der Waals surface area contributed by atoms with Crippen molar-refractivity contribution in [2.24, 2.45) is 0 Å². The number of aromatic nitrogens is 1. The number of carboxylic acid groups (broad SMARTS) is 1. The van der Waals surface area contributed by atoms with Crippen LogP contribution in [0.4, 0.5) is 0 Å². The zero-order valence-corrected chi connectivity index (χ0v) is 12.0. The van der Waals surface area contributed by atoms with E-state index in [0.29, 0.717) is 19.4 Å². The molecule has 0 saturated carbocycles. The number of likely N-dealkylation sites (N-methyl/N-ethyl adjacent to an activating group) is 1. The van der Waals surface area contributed by atoms with Gasteiger partial charge in [-0.2, -0.15) is 0 Å². The molecular weight excluding hydrogens is 276 g/mol. The zero-order valence-electron chi connectivity index (χ0n) is 11.2. The van der Waals surface area contributed by atoms with Crippen LogP contribution in [0.25, 0.3) is 10.2 Å². The Morgan fingerprint density at radius 2 is 2.10 bits per heavy atom. The SMILES string of the molecule is CCN(CC(=O)O)C(=O)CCc1nc2ccccc2s1. The number of carbonyl (C=O) groups excluding carboxylic acids is 1. The molecule has 20 heavy (non-hydrogen) atoms. The Bertz CT molecular complexity index is 591. The number of carboxylic acids is 1. The lowest BCUT2D eigenvalue weighted by molar-refractivity contribution is -0.144. The summed E-state index contributed by atoms with van der Waals surface area (Å²) in [5.41, 5.74) is 0.942. The van der Waals surface area contributed by atoms with E-state index in [-0.39, 0.29) is 12.5 Å². The van der Waals surface area contributed by atoms with Crippen LogP contribution in [0.5, 0.6) is 0 Å². The van der Waals surface area contributed by atoms with Crippen molar-refractivity contribution in [3.63, 3.8) is 0 Å². The standard InChI is InChI=1S/C14H16N2O3S/c1-2-16(9-14(18)19)13(17)8-7-12-15-10-5-3-4-6-11(10)20-12/h3-6H,2,7-9H2,1H3,(H,18,19). The van der Waals surface area contributed by atoms with E-state index in [4.69, 9.17) is 5.11 Å². The smallest absolute Gasteiger partial charge is 0.323 e. The first-order valence-electron chi connectivity index (χ1n) is 6.44. The lowest BCUT2D eigenvalue weighted by Crippen LogP contribution is -2.35. The van der Waals surface area contributed by atoms with Gasteiger partial charge in [0.15, 0.2) is 0 Å². The van der Waals surface area contributed by atoms with E-state index in [9.17, 15) is 9.59 Å². The summed E-state index contributed by atoms with van der Waals surface area (Å²) in [6.07, 6.45) is 0.843. The number of fused-ring (bicyclic) bond motifs is 1. The number of amides is 1. The normalized spacial score (nSPS) is 10.7. The van der Waals surface area contributed by atoms with Crippen LogP contribution < -0.4 is 0 Å². The van der Waals surface area contributed by atoms with Gasteiger partial charge in [-0.05, 0) is 19.1 Å². The van der Waals surface area contributed by atoms with Gasteiger partial charge in [0.25, 0.3) is 0 Å². The van der Waals surface area contributed by atoms with E-state index >= 15 is 0 Å². The highest BCUT2D eigenvalue weighted by Crippen LogP contribution is 2.22. The van der Waals surface area contributed by atoms with Crippen LogP contribution in [0, 0.1) is 0 Å². The van der Waals surface area contributed by atoms with E-state index in [2.05, 4.69) is 4.98 Å². The summed E-state index contributed by atoms with van der Waals surface area (Å²) < 4.78 is 1.10. The molecule has 0 unspecified atom stereocenters. The molecule has 0 aliphatic rings. The molecular formula is C14H16N2O3S. The molecule has 5 nitrogen and oxygen atoms in total. The van der Waals surface area contributed by atoms with Crippen molar-refractivity contribution in [3.05, 3.63) is 29.3 Å². The van der Waals surface area contributed by atoms with Crippen LogP contribution in [-0.4, -0.2) is 40.0 Å². The fourth-order valence-electron chi connectivity index (χ4n) is 1.94. The molecule has 6 heteroatoms. The number of aliphatic carboxylic acids is 1. The second kappa shape index (κ2) is 6.47. The minimum absolute atomic E-state index is 0.144. The number of carbonyl (C=O) groups is 2. The number of nitrogens with zero attached hydrogens (tertiary/aromatic N) is 2. The van der Waals surface area contributed by atoms with Crippen LogP contribution in [0.2, 0.25) is 0 Å². The quantitative estimate of drug-likeness (QED) is 0.885. The summed E-state index contributed by atoms with van der Waals surface area (Å²) in [5.74, 6) is -1.13. The Morgan fingerprint density at radius 3 is 2.75 bits per heavy atom. The van der Waals surface area contributed by atoms with Crippen LogP contribution in [0.3, 0.4) is 0 Å². The average Bonchev–Trinajstić information content (AvgIpc) is 2.84. The number of thiazole rings is 1. The van der Waals surface area contributed by atoms with Crippen molar-refractivity contribution < 1.29 is 14.7 Å². The second-order valence-electron chi connectivity index (χ2n) is 4.38. The third-order valence-electron chi connectivity index (χ3n) is 2.95. The molecule has 0 radical (unpaired) electrons. The van der Waals surface area contributed by atoms with Crippen LogP contribution in [0.1, 0.15) is 18.4 Å². The third kappa shape index (κ3) is 3.54. The molecule has 0 aliphatic carbocycles. The van der Waals surface area contributed by atoms with Crippen molar-refractivity contribution >= 4 is 33.4 Å². The van der Waals surface area contributed by atoms with Gasteiger partial charge in [-0.3, -0.25) is 9.59 Å². The van der Waals surface area contributed by atoms with E-state index in [1.54, 1.807) is 18.3 Å². The largest absolute Gasteiger partial charge is 0.480 e. The van der Waals surface area contributed by atoms with Crippen LogP contribution >= 0.6 is 11.3 Å². The maximum Gasteiger partial charge on any atom is 0.323 e. The number of rotatable bonds is 6. The molecule has 0 spiro atoms. The fraction of sp³-hybridized carbons (Fsp3) is 0.357. The van der Waals surface area contributed by atoms with Crippen molar-refractivity contribution in [2.75, 3.05) is 13.1 Å². The molecule has 1 aromatic heterocycles. The van der Waals surface area contributed by atoms with E-state index < -0.39 is 5.97 Å². The third-order valence-corrected chi connectivity index (χ3v) is 4.05. The summed E-state index contributed by atoms with van der Waals surface area (Å²) in [6, 6.07) is 7.84. The van der Waals surface area contributed by atoms with Gasteiger partial charge in [0.1, 0.15) is 6.54 Å². The lowest BCUT2D eigenvalue weighted by Gasteiger charge is -2.17. The molecule has 0 aliphatic heterocycles. The van der Waals surface area contributed by atoms with E-state index in [1.807, 2.05) is 24.3 Å². The highest BCUT2D eigenvalue weighted by Gasteiger charge is 2.15. The summed E-state index contributed by atoms with van der Waals surface area (Å²) in [5, 5.41) is 9.65. The molecule has 1 heterocycles. The molecule has 0 saturated heterocycles. The predicted molar refractivity (Wildman–Crippen MR) is 77.8 cm³/mol. The molecule has 0 bridgehead atoms. The van der Waals surface area contributed by atoms with Gasteiger partial charge in [-0.25, -0.2) is 4.98 Å². The number of benzene rings is 1. The van der Waals surface area contributed by atoms with Gasteiger partial charge in [0.2, 0.25) is 5.91 Å². The van der Waals surface area contributed by atoms with Crippen molar-refractivity contribution in [3.8, 4) is 0 Å². The molecule has 1 N–H and O–H groups in total.